The van der Waals surface area contributed by atoms with Crippen LogP contribution < -0.4 is 0 Å². The molecule has 0 unspecified atom stereocenters. The number of aryl methyl sites for hydroxylation is 1. The van der Waals surface area contributed by atoms with E-state index in [0.717, 1.165) is 56.2 Å². The van der Waals surface area contributed by atoms with E-state index >= 15 is 0 Å². The first-order chi connectivity index (χ1) is 22.8. The van der Waals surface area contributed by atoms with Crippen LogP contribution in [0.25, 0.3) is 33.2 Å². The first kappa shape index (κ1) is 40.4. The van der Waals surface area contributed by atoms with Crippen molar-refractivity contribution in [2.24, 2.45) is 16.7 Å². The second-order valence-corrected chi connectivity index (χ2v) is 15.0. The van der Waals surface area contributed by atoms with Crippen LogP contribution in [-0.4, -0.2) is 15.9 Å². The molecule has 0 saturated heterocycles. The number of benzene rings is 3. The van der Waals surface area contributed by atoms with Gasteiger partial charge < -0.3 is 5.11 Å². The normalized spacial score (nSPS) is 13.0. The van der Waals surface area contributed by atoms with E-state index in [-0.39, 0.29) is 42.5 Å². The van der Waals surface area contributed by atoms with Gasteiger partial charge in [0.1, 0.15) is 5.76 Å². The van der Waals surface area contributed by atoms with Gasteiger partial charge in [0.25, 0.3) is 0 Å². The number of nitrogens with zero attached hydrogens (tertiary/aromatic N) is 1. The summed E-state index contributed by atoms with van der Waals surface area (Å²) in [5, 5.41) is 12.6. The summed E-state index contributed by atoms with van der Waals surface area (Å²) in [4.78, 5) is 17.0. The summed E-state index contributed by atoms with van der Waals surface area (Å²) in [6, 6.07) is 23.9. The molecule has 4 heteroatoms. The number of hydrogen-bond acceptors (Lipinski definition) is 3. The van der Waals surface area contributed by atoms with E-state index in [1.807, 2.05) is 47.7 Å². The smallest absolute Gasteiger partial charge is 0.164 e. The van der Waals surface area contributed by atoms with E-state index in [9.17, 15) is 9.90 Å². The van der Waals surface area contributed by atoms with Gasteiger partial charge >= 0.3 is 0 Å². The summed E-state index contributed by atoms with van der Waals surface area (Å²) < 4.78 is 0. The molecule has 3 nitrogen and oxygen atoms in total. The standard InChI is InChI=1S/C30H30N.C15H28O2.Ir/c1-19(2)15-21-9-11-26-23(16-21)10-12-28-27(26)13-14-31-30(28)24-17-22-7-5-6-8-25(22)29(18-24)20(3)4;1-7-14(5,8-2)12(16)11-13(17)15(6,9-3)10-4;/h5-9,11,13-14,16,18-20H,10,12,15H2,1-4H3;11,16H,7-10H2,1-6H3;/q-1;;/b;12-11-;. The van der Waals surface area contributed by atoms with Crippen LogP contribution in [-0.2, 0) is 44.2 Å². The van der Waals surface area contributed by atoms with Crippen molar-refractivity contribution < 1.29 is 30.0 Å². The van der Waals surface area contributed by atoms with Crippen molar-refractivity contribution >= 4 is 16.6 Å². The third kappa shape index (κ3) is 9.00. The number of aliphatic hydroxyl groups excluding tert-OH is 1. The summed E-state index contributed by atoms with van der Waals surface area (Å²) in [7, 11) is 0. The molecule has 0 fully saturated rings. The number of allylic oxidation sites excluding steroid dienone is 2. The largest absolute Gasteiger partial charge is 0.512 e. The molecule has 1 aliphatic rings. The predicted octanol–water partition coefficient (Wildman–Crippen LogP) is 12.4. The Hall–Kier alpha value is -3.07. The van der Waals surface area contributed by atoms with E-state index < -0.39 is 0 Å². The fourth-order valence-electron chi connectivity index (χ4n) is 6.75. The molecule has 3 aromatic carbocycles. The fraction of sp³-hybridized carbons (Fsp3) is 0.467. The van der Waals surface area contributed by atoms with Crippen molar-refractivity contribution in [1.82, 2.24) is 4.98 Å². The van der Waals surface area contributed by atoms with Crippen LogP contribution in [0, 0.1) is 22.8 Å². The van der Waals surface area contributed by atoms with Crippen molar-refractivity contribution in [3.63, 3.8) is 0 Å². The second-order valence-electron chi connectivity index (χ2n) is 15.0. The molecular weight excluding hydrogens is 779 g/mol. The first-order valence-electron chi connectivity index (χ1n) is 18.3. The van der Waals surface area contributed by atoms with Crippen molar-refractivity contribution in [3.8, 4) is 22.4 Å². The summed E-state index contributed by atoms with van der Waals surface area (Å²) in [5.74, 6) is 1.43. The Kier molecular flexibility index (Phi) is 14.2. The van der Waals surface area contributed by atoms with Gasteiger partial charge in [-0.05, 0) is 90.7 Å². The number of pyridine rings is 1. The van der Waals surface area contributed by atoms with Gasteiger partial charge in [0, 0.05) is 48.9 Å². The van der Waals surface area contributed by atoms with Crippen LogP contribution in [0.4, 0.5) is 0 Å². The Morgan fingerprint density at radius 3 is 2.14 bits per heavy atom. The van der Waals surface area contributed by atoms with Crippen LogP contribution in [0.5, 0.6) is 0 Å². The van der Waals surface area contributed by atoms with Crippen molar-refractivity contribution in [2.75, 3.05) is 0 Å². The molecule has 0 atom stereocenters. The molecule has 0 aliphatic heterocycles. The zero-order chi connectivity index (χ0) is 35.2. The molecule has 1 N–H and O–H groups in total. The number of ketones is 1. The molecule has 265 valence electrons. The van der Waals surface area contributed by atoms with Crippen molar-refractivity contribution in [3.05, 3.63) is 101 Å². The number of carbonyl (C=O) groups excluding carboxylic acids is 1. The first-order valence-corrected chi connectivity index (χ1v) is 18.3. The number of carbonyl (C=O) groups is 1. The fourth-order valence-corrected chi connectivity index (χ4v) is 6.75. The summed E-state index contributed by atoms with van der Waals surface area (Å²) in [5.41, 5.74) is 10.0. The van der Waals surface area contributed by atoms with Gasteiger partial charge in [-0.25, -0.2) is 0 Å². The molecule has 4 aromatic rings. The van der Waals surface area contributed by atoms with Crippen molar-refractivity contribution in [1.29, 1.82) is 0 Å². The van der Waals surface area contributed by atoms with E-state index in [0.29, 0.717) is 11.8 Å². The topological polar surface area (TPSA) is 50.2 Å². The van der Waals surface area contributed by atoms with Gasteiger partial charge in [-0.15, -0.1) is 29.1 Å². The molecule has 0 bridgehead atoms. The molecule has 5 rings (SSSR count). The SMILES string of the molecule is CC(C)Cc1ccc2c(c1)CCc1c-2ccnc1-c1[c-]c2ccccc2c(C(C)C)c1.CCC(C)(CC)C(=O)/C=C(\O)C(C)(CC)CC.[Ir]. The number of hydrogen-bond donors (Lipinski definition) is 1. The third-order valence-corrected chi connectivity index (χ3v) is 11.1. The molecule has 1 radical (unpaired) electrons. The van der Waals surface area contributed by atoms with Crippen LogP contribution >= 0.6 is 0 Å². The quantitative estimate of drug-likeness (QED) is 0.0930. The number of fused-ring (bicyclic) bond motifs is 4. The Morgan fingerprint density at radius 2 is 1.53 bits per heavy atom. The number of aromatic nitrogens is 1. The monoisotopic (exact) mass is 837 g/mol. The molecule has 0 amide bonds. The van der Waals surface area contributed by atoms with Gasteiger partial charge in [0.05, 0.1) is 0 Å². The maximum absolute atomic E-state index is 12.2. The van der Waals surface area contributed by atoms with Crippen molar-refractivity contribution in [2.45, 2.75) is 120 Å². The molecule has 1 heterocycles. The van der Waals surface area contributed by atoms with Gasteiger partial charge in [0.15, 0.2) is 5.78 Å². The van der Waals surface area contributed by atoms with Crippen LogP contribution in [0.2, 0.25) is 0 Å². The van der Waals surface area contributed by atoms with E-state index in [1.54, 1.807) is 0 Å². The number of rotatable bonds is 11. The Bertz CT molecular complexity index is 1760. The maximum atomic E-state index is 12.2. The zero-order valence-corrected chi connectivity index (χ0v) is 34.0. The van der Waals surface area contributed by atoms with E-state index in [2.05, 4.69) is 88.4 Å². The van der Waals surface area contributed by atoms with Crippen LogP contribution in [0.15, 0.2) is 72.6 Å². The summed E-state index contributed by atoms with van der Waals surface area (Å²) in [6.07, 6.45) is 9.99. The van der Waals surface area contributed by atoms with Crippen LogP contribution in [0.3, 0.4) is 0 Å². The minimum atomic E-state index is -0.337. The molecule has 1 aliphatic carbocycles. The Labute approximate surface area is 310 Å². The molecule has 49 heavy (non-hydrogen) atoms. The molecule has 0 spiro atoms. The van der Waals surface area contributed by atoms with Gasteiger partial charge in [-0.3, -0.25) is 9.78 Å². The Morgan fingerprint density at radius 1 is 0.878 bits per heavy atom. The number of aliphatic hydroxyl groups is 1. The molecule has 0 saturated carbocycles. The van der Waals surface area contributed by atoms with Gasteiger partial charge in [0.2, 0.25) is 0 Å². The van der Waals surface area contributed by atoms with Gasteiger partial charge in [-0.2, -0.15) is 0 Å². The minimum absolute atomic E-state index is 0. The summed E-state index contributed by atoms with van der Waals surface area (Å²) >= 11 is 0. The van der Waals surface area contributed by atoms with E-state index in [4.69, 9.17) is 4.98 Å². The average molecular weight is 837 g/mol. The average Bonchev–Trinajstić information content (AvgIpc) is 3.09. The zero-order valence-electron chi connectivity index (χ0n) is 31.6. The maximum Gasteiger partial charge on any atom is 0.164 e. The minimum Gasteiger partial charge on any atom is -0.512 e. The van der Waals surface area contributed by atoms with Crippen LogP contribution in [0.1, 0.15) is 123 Å². The Balaban J connectivity index is 0.000000312. The van der Waals surface area contributed by atoms with Gasteiger partial charge in [-0.1, -0.05) is 117 Å². The molecule has 1 aromatic heterocycles. The predicted molar refractivity (Wildman–Crippen MR) is 205 cm³/mol. The summed E-state index contributed by atoms with van der Waals surface area (Å²) in [6.45, 7) is 21.2. The molecular formula is C45H58IrNO2-. The third-order valence-electron chi connectivity index (χ3n) is 11.1. The van der Waals surface area contributed by atoms with E-state index in [1.165, 1.54) is 50.2 Å². The second kappa shape index (κ2) is 17.2.